The number of imidazole rings is 1. The molecule has 1 atom stereocenters. The summed E-state index contributed by atoms with van der Waals surface area (Å²) < 4.78 is 37.9. The molecule has 1 amide bonds. The lowest BCUT2D eigenvalue weighted by molar-refractivity contribution is -0.138. The number of carbonyl (C=O) groups is 1. The highest BCUT2D eigenvalue weighted by atomic mass is 19.4. The molecule has 0 aromatic carbocycles. The third-order valence-electron chi connectivity index (χ3n) is 5.02. The second-order valence-electron chi connectivity index (χ2n) is 6.67. The van der Waals surface area contributed by atoms with Gasteiger partial charge in [-0.2, -0.15) is 13.2 Å². The van der Waals surface area contributed by atoms with E-state index in [-0.39, 0.29) is 11.8 Å². The van der Waals surface area contributed by atoms with E-state index in [2.05, 4.69) is 15.0 Å². The Balaban J connectivity index is 1.40. The van der Waals surface area contributed by atoms with Gasteiger partial charge in [0.2, 0.25) is 5.91 Å². The molecule has 0 spiro atoms. The maximum atomic E-state index is 12.8. The van der Waals surface area contributed by atoms with E-state index in [4.69, 9.17) is 0 Å². The lowest BCUT2D eigenvalue weighted by atomic mass is 10.0. The van der Waals surface area contributed by atoms with Crippen molar-refractivity contribution in [3.05, 3.63) is 41.6 Å². The largest absolute Gasteiger partial charge is 0.417 e. The van der Waals surface area contributed by atoms with Gasteiger partial charge in [0.25, 0.3) is 0 Å². The van der Waals surface area contributed by atoms with Gasteiger partial charge in [-0.15, -0.1) is 0 Å². The number of rotatable bonds is 2. The predicted octanol–water partition coefficient (Wildman–Crippen LogP) is 2.23. The molecule has 26 heavy (non-hydrogen) atoms. The summed E-state index contributed by atoms with van der Waals surface area (Å²) in [4.78, 5) is 27.7. The van der Waals surface area contributed by atoms with Crippen molar-refractivity contribution in [1.82, 2.24) is 19.9 Å². The molecule has 1 saturated heterocycles. The van der Waals surface area contributed by atoms with Crippen LogP contribution in [0.1, 0.15) is 23.4 Å². The van der Waals surface area contributed by atoms with Crippen molar-refractivity contribution in [2.75, 3.05) is 24.5 Å². The fraction of sp³-hybridized carbons (Fsp3) is 0.471. The third-order valence-corrected chi connectivity index (χ3v) is 5.02. The summed E-state index contributed by atoms with van der Waals surface area (Å²) in [6, 6.07) is 2.40. The van der Waals surface area contributed by atoms with Crippen molar-refractivity contribution in [2.45, 2.75) is 25.6 Å². The molecule has 2 aromatic heterocycles. The number of alkyl halides is 3. The van der Waals surface area contributed by atoms with Crippen molar-refractivity contribution in [1.29, 1.82) is 0 Å². The summed E-state index contributed by atoms with van der Waals surface area (Å²) in [6.45, 7) is 2.26. The van der Waals surface area contributed by atoms with Gasteiger partial charge >= 0.3 is 6.18 Å². The summed E-state index contributed by atoms with van der Waals surface area (Å²) in [5, 5.41) is 0. The minimum Gasteiger partial charge on any atom is -0.356 e. The first kappa shape index (κ1) is 16.9. The first-order valence-corrected chi connectivity index (χ1v) is 8.50. The van der Waals surface area contributed by atoms with Crippen LogP contribution in [0.5, 0.6) is 0 Å². The zero-order valence-corrected chi connectivity index (χ0v) is 14.0. The molecule has 4 heterocycles. The van der Waals surface area contributed by atoms with Crippen LogP contribution >= 0.6 is 0 Å². The highest BCUT2D eigenvalue weighted by Gasteiger charge is 2.35. The van der Waals surface area contributed by atoms with E-state index in [0.717, 1.165) is 30.1 Å². The monoisotopic (exact) mass is 365 g/mol. The Morgan fingerprint density at radius 2 is 2.08 bits per heavy atom. The number of nitrogens with one attached hydrogen (secondary N) is 1. The van der Waals surface area contributed by atoms with Gasteiger partial charge in [-0.3, -0.25) is 4.79 Å². The Labute approximate surface area is 148 Å². The molecule has 0 saturated carbocycles. The number of halogens is 3. The van der Waals surface area contributed by atoms with Crippen molar-refractivity contribution in [2.24, 2.45) is 5.92 Å². The molecule has 4 rings (SSSR count). The number of amides is 1. The highest BCUT2D eigenvalue weighted by Crippen LogP contribution is 2.31. The molecule has 1 fully saturated rings. The predicted molar refractivity (Wildman–Crippen MR) is 87.3 cm³/mol. The molecule has 1 N–H and O–H groups in total. The third kappa shape index (κ3) is 3.13. The van der Waals surface area contributed by atoms with E-state index in [9.17, 15) is 18.0 Å². The lowest BCUT2D eigenvalue weighted by Gasteiger charge is -2.28. The first-order chi connectivity index (χ1) is 12.4. The Kier molecular flexibility index (Phi) is 4.08. The maximum absolute atomic E-state index is 12.8. The standard InChI is InChI=1S/C17H18F3N5O/c18-17(19,20)12-1-2-15(21-7-12)24-5-3-11(8-24)16(26)25-6-4-13-14(9-25)23-10-22-13/h1-2,7,10-11H,3-6,8-9H2,(H,22,23)/t11-/m1/s1. The summed E-state index contributed by atoms with van der Waals surface area (Å²) >= 11 is 0. The molecule has 9 heteroatoms. The molecule has 6 nitrogen and oxygen atoms in total. The number of H-pyrrole nitrogens is 1. The van der Waals surface area contributed by atoms with Crippen LogP contribution in [0.2, 0.25) is 0 Å². The van der Waals surface area contributed by atoms with E-state index < -0.39 is 11.7 Å². The number of pyridine rings is 1. The zero-order chi connectivity index (χ0) is 18.3. The molecule has 2 aliphatic heterocycles. The topological polar surface area (TPSA) is 65.1 Å². The Morgan fingerprint density at radius 1 is 1.23 bits per heavy atom. The molecular weight excluding hydrogens is 347 g/mol. The second kappa shape index (κ2) is 6.30. The van der Waals surface area contributed by atoms with Gasteiger partial charge in [0.05, 0.1) is 35.7 Å². The molecule has 0 unspecified atom stereocenters. The van der Waals surface area contributed by atoms with Crippen molar-refractivity contribution >= 4 is 11.7 Å². The molecule has 0 aliphatic carbocycles. The van der Waals surface area contributed by atoms with Gasteiger partial charge in [-0.05, 0) is 18.6 Å². The van der Waals surface area contributed by atoms with Gasteiger partial charge in [-0.1, -0.05) is 0 Å². The van der Waals surface area contributed by atoms with Crippen LogP contribution in [0.3, 0.4) is 0 Å². The first-order valence-electron chi connectivity index (χ1n) is 8.50. The minimum atomic E-state index is -4.39. The number of aromatic amines is 1. The van der Waals surface area contributed by atoms with Gasteiger partial charge in [0, 0.05) is 32.3 Å². The zero-order valence-electron chi connectivity index (χ0n) is 14.0. The van der Waals surface area contributed by atoms with E-state index in [1.54, 1.807) is 6.33 Å². The summed E-state index contributed by atoms with van der Waals surface area (Å²) in [6.07, 6.45) is -0.495. The summed E-state index contributed by atoms with van der Waals surface area (Å²) in [7, 11) is 0. The number of aromatic nitrogens is 3. The van der Waals surface area contributed by atoms with Crippen LogP contribution in [0.25, 0.3) is 0 Å². The number of carbonyl (C=O) groups excluding carboxylic acids is 1. The number of hydrogen-bond acceptors (Lipinski definition) is 4. The SMILES string of the molecule is O=C([C@@H]1CCN(c2ccc(C(F)(F)F)cn2)C1)N1CCc2nc[nH]c2C1. The minimum absolute atomic E-state index is 0.0830. The maximum Gasteiger partial charge on any atom is 0.417 e. The Morgan fingerprint density at radius 3 is 2.81 bits per heavy atom. The quantitative estimate of drug-likeness (QED) is 0.887. The number of fused-ring (bicyclic) bond motifs is 1. The van der Waals surface area contributed by atoms with Crippen LogP contribution in [0.15, 0.2) is 24.7 Å². The van der Waals surface area contributed by atoms with Crippen LogP contribution in [0.4, 0.5) is 19.0 Å². The van der Waals surface area contributed by atoms with Crippen molar-refractivity contribution in [3.63, 3.8) is 0 Å². The molecular formula is C17H18F3N5O. The average Bonchev–Trinajstić information content (AvgIpc) is 3.29. The average molecular weight is 365 g/mol. The van der Waals surface area contributed by atoms with Crippen LogP contribution in [-0.2, 0) is 23.9 Å². The lowest BCUT2D eigenvalue weighted by Crippen LogP contribution is -2.40. The Hall–Kier alpha value is -2.58. The highest BCUT2D eigenvalue weighted by molar-refractivity contribution is 5.80. The Bertz CT molecular complexity index is 801. The molecule has 0 radical (unpaired) electrons. The summed E-state index contributed by atoms with van der Waals surface area (Å²) in [5.41, 5.74) is 1.22. The van der Waals surface area contributed by atoms with Crippen LogP contribution in [-0.4, -0.2) is 45.4 Å². The summed E-state index contributed by atoms with van der Waals surface area (Å²) in [5.74, 6) is 0.394. The van der Waals surface area contributed by atoms with Crippen LogP contribution in [0, 0.1) is 5.92 Å². The van der Waals surface area contributed by atoms with Crippen LogP contribution < -0.4 is 4.90 Å². The van der Waals surface area contributed by atoms with E-state index in [1.807, 2.05) is 9.80 Å². The smallest absolute Gasteiger partial charge is 0.356 e. The normalized spacial score (nSPS) is 20.3. The number of anilines is 1. The number of nitrogens with zero attached hydrogens (tertiary/aromatic N) is 4. The van der Waals surface area contributed by atoms with Crippen molar-refractivity contribution < 1.29 is 18.0 Å². The van der Waals surface area contributed by atoms with E-state index in [1.165, 1.54) is 6.07 Å². The van der Waals surface area contributed by atoms with Crippen molar-refractivity contribution in [3.8, 4) is 0 Å². The molecule has 0 bridgehead atoms. The molecule has 138 valence electrons. The van der Waals surface area contributed by atoms with Gasteiger partial charge in [0.15, 0.2) is 0 Å². The number of hydrogen-bond donors (Lipinski definition) is 1. The fourth-order valence-corrected chi connectivity index (χ4v) is 3.57. The van der Waals surface area contributed by atoms with Gasteiger partial charge in [0.1, 0.15) is 5.82 Å². The second-order valence-corrected chi connectivity index (χ2v) is 6.67. The fourth-order valence-electron chi connectivity index (χ4n) is 3.57. The van der Waals surface area contributed by atoms with Gasteiger partial charge < -0.3 is 14.8 Å². The molecule has 2 aromatic rings. The van der Waals surface area contributed by atoms with Gasteiger partial charge in [-0.25, -0.2) is 9.97 Å². The van der Waals surface area contributed by atoms with E-state index >= 15 is 0 Å². The molecule has 2 aliphatic rings. The van der Waals surface area contributed by atoms with E-state index in [0.29, 0.717) is 38.4 Å².